The molecular formula is C29H41NO4. The molecule has 0 saturated heterocycles. The number of hydrogen-bond donors (Lipinski definition) is 1. The standard InChI is InChI=1S/C29H41NO4/c1-20-11-12-24(26(31)15-20)29(2,3)30-14-13-22-16-27(32-4)28(33-5)17-23(22)25(30)19-34-18-21-9-7-6-8-10-21/h6-10,16-17,20,24-26,31H,11-15,18-19H2,1-5H3/t20-,24-,25-,26-/m1/s1. The Balaban J connectivity index is 1.64. The Labute approximate surface area is 205 Å². The van der Waals surface area contributed by atoms with Gasteiger partial charge in [-0.15, -0.1) is 0 Å². The molecule has 5 nitrogen and oxygen atoms in total. The minimum Gasteiger partial charge on any atom is -0.493 e. The van der Waals surface area contributed by atoms with Gasteiger partial charge in [-0.25, -0.2) is 0 Å². The summed E-state index contributed by atoms with van der Waals surface area (Å²) in [4.78, 5) is 2.58. The second-order valence-corrected chi connectivity index (χ2v) is 10.6. The molecule has 34 heavy (non-hydrogen) atoms. The highest BCUT2D eigenvalue weighted by Gasteiger charge is 2.46. The van der Waals surface area contributed by atoms with E-state index >= 15 is 0 Å². The predicted octanol–water partition coefficient (Wildman–Crippen LogP) is 5.40. The smallest absolute Gasteiger partial charge is 0.161 e. The lowest BCUT2D eigenvalue weighted by atomic mass is 9.70. The maximum Gasteiger partial charge on any atom is 0.161 e. The number of aliphatic hydroxyl groups is 1. The van der Waals surface area contributed by atoms with Crippen molar-refractivity contribution in [2.24, 2.45) is 11.8 Å². The summed E-state index contributed by atoms with van der Waals surface area (Å²) in [6.07, 6.45) is 3.79. The van der Waals surface area contributed by atoms with Gasteiger partial charge in [-0.05, 0) is 67.9 Å². The first-order valence-electron chi connectivity index (χ1n) is 12.7. The quantitative estimate of drug-likeness (QED) is 0.564. The number of rotatable bonds is 8. The Bertz CT molecular complexity index is 945. The molecule has 2 aliphatic rings. The Morgan fingerprint density at radius 1 is 1.03 bits per heavy atom. The van der Waals surface area contributed by atoms with Crippen molar-refractivity contribution in [1.29, 1.82) is 0 Å². The van der Waals surface area contributed by atoms with E-state index in [1.54, 1.807) is 14.2 Å². The fourth-order valence-corrected chi connectivity index (χ4v) is 6.15. The van der Waals surface area contributed by atoms with Gasteiger partial charge in [0.2, 0.25) is 0 Å². The normalized spacial score (nSPS) is 25.6. The lowest BCUT2D eigenvalue weighted by molar-refractivity contribution is -0.0790. The van der Waals surface area contributed by atoms with Gasteiger partial charge in [0.05, 0.1) is 39.6 Å². The van der Waals surface area contributed by atoms with Gasteiger partial charge in [-0.2, -0.15) is 0 Å². The molecule has 2 aromatic rings. The average Bonchev–Trinajstić information content (AvgIpc) is 2.83. The molecule has 0 aromatic heterocycles. The largest absolute Gasteiger partial charge is 0.493 e. The van der Waals surface area contributed by atoms with Gasteiger partial charge >= 0.3 is 0 Å². The van der Waals surface area contributed by atoms with Crippen molar-refractivity contribution in [3.63, 3.8) is 0 Å². The van der Waals surface area contributed by atoms with Crippen molar-refractivity contribution in [2.45, 2.75) is 70.7 Å². The summed E-state index contributed by atoms with van der Waals surface area (Å²) in [6.45, 7) is 8.97. The fourth-order valence-electron chi connectivity index (χ4n) is 6.15. The van der Waals surface area contributed by atoms with Crippen LogP contribution in [-0.4, -0.2) is 49.0 Å². The van der Waals surface area contributed by atoms with Gasteiger partial charge in [0.1, 0.15) is 0 Å². The lowest BCUT2D eigenvalue weighted by Gasteiger charge is -2.53. The SMILES string of the molecule is COc1cc2c(cc1OC)[C@@H](COCc1ccccc1)N(C(C)(C)[C@@H]1CC[C@@H](C)C[C@H]1O)CC2. The molecule has 1 N–H and O–H groups in total. The summed E-state index contributed by atoms with van der Waals surface area (Å²) >= 11 is 0. The Hall–Kier alpha value is -2.08. The van der Waals surface area contributed by atoms with Crippen LogP contribution in [0.5, 0.6) is 11.5 Å². The molecule has 186 valence electrons. The third-order valence-electron chi connectivity index (χ3n) is 8.12. The lowest BCUT2D eigenvalue weighted by Crippen LogP contribution is -2.57. The third-order valence-corrected chi connectivity index (χ3v) is 8.12. The number of nitrogens with zero attached hydrogens (tertiary/aromatic N) is 1. The summed E-state index contributed by atoms with van der Waals surface area (Å²) in [5.41, 5.74) is 3.54. The Morgan fingerprint density at radius 3 is 2.41 bits per heavy atom. The van der Waals surface area contributed by atoms with Crippen LogP contribution in [0, 0.1) is 11.8 Å². The third kappa shape index (κ3) is 5.12. The summed E-state index contributed by atoms with van der Waals surface area (Å²) in [5, 5.41) is 11.1. The van der Waals surface area contributed by atoms with E-state index in [0.29, 0.717) is 19.1 Å². The highest BCUT2D eigenvalue weighted by atomic mass is 16.5. The van der Waals surface area contributed by atoms with Crippen LogP contribution in [0.1, 0.15) is 62.8 Å². The van der Waals surface area contributed by atoms with Crippen molar-refractivity contribution < 1.29 is 19.3 Å². The number of ether oxygens (including phenoxy) is 3. The first-order valence-corrected chi connectivity index (χ1v) is 12.7. The first kappa shape index (κ1) is 25.0. The van der Waals surface area contributed by atoms with Gasteiger partial charge in [-0.1, -0.05) is 43.7 Å². The molecule has 0 radical (unpaired) electrons. The number of benzene rings is 2. The molecule has 0 unspecified atom stereocenters. The van der Waals surface area contributed by atoms with E-state index in [9.17, 15) is 5.11 Å². The fraction of sp³-hybridized carbons (Fsp3) is 0.586. The molecule has 5 heteroatoms. The van der Waals surface area contributed by atoms with E-state index in [4.69, 9.17) is 14.2 Å². The Kier molecular flexibility index (Phi) is 7.86. The highest BCUT2D eigenvalue weighted by Crippen LogP contribution is 2.45. The van der Waals surface area contributed by atoms with Crippen LogP contribution >= 0.6 is 0 Å². The zero-order valence-corrected chi connectivity index (χ0v) is 21.4. The van der Waals surface area contributed by atoms with Crippen molar-refractivity contribution in [1.82, 2.24) is 4.90 Å². The molecule has 1 aliphatic carbocycles. The monoisotopic (exact) mass is 467 g/mol. The van der Waals surface area contributed by atoms with Crippen molar-refractivity contribution in [3.8, 4) is 11.5 Å². The number of aliphatic hydroxyl groups excluding tert-OH is 1. The van der Waals surface area contributed by atoms with Crippen LogP contribution in [-0.2, 0) is 17.8 Å². The molecule has 2 aromatic carbocycles. The topological polar surface area (TPSA) is 51.2 Å². The van der Waals surface area contributed by atoms with Crippen LogP contribution in [0.15, 0.2) is 42.5 Å². The van der Waals surface area contributed by atoms with Crippen molar-refractivity contribution >= 4 is 0 Å². The molecule has 0 spiro atoms. The van der Waals surface area contributed by atoms with Gasteiger partial charge in [0.15, 0.2) is 11.5 Å². The molecule has 4 atom stereocenters. The van der Waals surface area contributed by atoms with E-state index in [-0.39, 0.29) is 23.6 Å². The zero-order valence-electron chi connectivity index (χ0n) is 21.4. The summed E-state index contributed by atoms with van der Waals surface area (Å²) in [5.74, 6) is 2.35. The van der Waals surface area contributed by atoms with Gasteiger partial charge < -0.3 is 19.3 Å². The van der Waals surface area contributed by atoms with Crippen LogP contribution in [0.3, 0.4) is 0 Å². The van der Waals surface area contributed by atoms with Gasteiger partial charge in [0.25, 0.3) is 0 Å². The molecule has 0 bridgehead atoms. The van der Waals surface area contributed by atoms with E-state index < -0.39 is 0 Å². The molecule has 1 fully saturated rings. The molecule has 1 saturated carbocycles. The summed E-state index contributed by atoms with van der Waals surface area (Å²) in [7, 11) is 3.38. The average molecular weight is 468 g/mol. The van der Waals surface area contributed by atoms with E-state index in [2.05, 4.69) is 49.9 Å². The van der Waals surface area contributed by atoms with Crippen LogP contribution in [0.25, 0.3) is 0 Å². The van der Waals surface area contributed by atoms with Gasteiger partial charge in [-0.3, -0.25) is 4.90 Å². The zero-order chi connectivity index (χ0) is 24.3. The number of methoxy groups -OCH3 is 2. The van der Waals surface area contributed by atoms with Crippen molar-refractivity contribution in [3.05, 3.63) is 59.2 Å². The maximum atomic E-state index is 11.1. The first-order chi connectivity index (χ1) is 16.3. The van der Waals surface area contributed by atoms with Crippen LogP contribution in [0.2, 0.25) is 0 Å². The van der Waals surface area contributed by atoms with Crippen LogP contribution < -0.4 is 9.47 Å². The number of hydrogen-bond acceptors (Lipinski definition) is 5. The molecule has 4 rings (SSSR count). The maximum absolute atomic E-state index is 11.1. The Morgan fingerprint density at radius 2 is 1.74 bits per heavy atom. The van der Waals surface area contributed by atoms with Gasteiger partial charge in [0, 0.05) is 18.0 Å². The summed E-state index contributed by atoms with van der Waals surface area (Å²) in [6, 6.07) is 14.7. The van der Waals surface area contributed by atoms with E-state index in [1.165, 1.54) is 23.1 Å². The molecule has 1 aliphatic heterocycles. The van der Waals surface area contributed by atoms with Crippen molar-refractivity contribution in [2.75, 3.05) is 27.4 Å². The highest BCUT2D eigenvalue weighted by molar-refractivity contribution is 5.49. The molecule has 1 heterocycles. The predicted molar refractivity (Wildman–Crippen MR) is 135 cm³/mol. The minimum absolute atomic E-state index is 0.0776. The molecule has 0 amide bonds. The van der Waals surface area contributed by atoms with Crippen LogP contribution in [0.4, 0.5) is 0 Å². The summed E-state index contributed by atoms with van der Waals surface area (Å²) < 4.78 is 17.6. The second kappa shape index (κ2) is 10.7. The van der Waals surface area contributed by atoms with E-state index in [1.807, 2.05) is 18.2 Å². The second-order valence-electron chi connectivity index (χ2n) is 10.6. The number of fused-ring (bicyclic) bond motifs is 1. The van der Waals surface area contributed by atoms with E-state index in [0.717, 1.165) is 37.3 Å². The minimum atomic E-state index is -0.267. The molecular weight excluding hydrogens is 426 g/mol.